The number of halogens is 1. The summed E-state index contributed by atoms with van der Waals surface area (Å²) in [5.74, 6) is -0.167. The highest BCUT2D eigenvalue weighted by Crippen LogP contribution is 2.23. The van der Waals surface area contributed by atoms with Crippen LogP contribution in [0, 0.1) is 5.82 Å². The first-order valence-corrected chi connectivity index (χ1v) is 8.96. The molecule has 2 atom stereocenters. The standard InChI is InChI=1S/C19H29FN2O2/c1-3-22(15(2)16-7-9-17(20)10-8-16)19(24)14-21-12-5-4-6-18(21)11-13-23/h7-10,15,18,23H,3-6,11-14H2,1-2H3. The van der Waals surface area contributed by atoms with Gasteiger partial charge in [-0.15, -0.1) is 0 Å². The lowest BCUT2D eigenvalue weighted by Gasteiger charge is -2.37. The summed E-state index contributed by atoms with van der Waals surface area (Å²) in [6, 6.07) is 6.58. The van der Waals surface area contributed by atoms with Crippen LogP contribution in [-0.2, 0) is 4.79 Å². The topological polar surface area (TPSA) is 43.8 Å². The minimum atomic E-state index is -0.263. The van der Waals surface area contributed by atoms with Crippen molar-refractivity contribution in [2.45, 2.75) is 51.6 Å². The van der Waals surface area contributed by atoms with Crippen LogP contribution in [0.15, 0.2) is 24.3 Å². The van der Waals surface area contributed by atoms with E-state index < -0.39 is 0 Å². The number of hydrogen-bond acceptors (Lipinski definition) is 3. The molecule has 1 saturated heterocycles. The molecular weight excluding hydrogens is 307 g/mol. The van der Waals surface area contributed by atoms with Crippen LogP contribution in [-0.4, -0.2) is 53.1 Å². The third-order valence-electron chi connectivity index (χ3n) is 5.03. The Labute approximate surface area is 144 Å². The molecule has 0 radical (unpaired) electrons. The number of carbonyl (C=O) groups excluding carboxylic acids is 1. The van der Waals surface area contributed by atoms with E-state index in [9.17, 15) is 14.3 Å². The van der Waals surface area contributed by atoms with E-state index >= 15 is 0 Å². The average molecular weight is 336 g/mol. The number of aliphatic hydroxyl groups excluding tert-OH is 1. The maximum atomic E-state index is 13.1. The van der Waals surface area contributed by atoms with Gasteiger partial charge in [0.2, 0.25) is 5.91 Å². The normalized spacial score (nSPS) is 19.9. The molecule has 1 amide bonds. The highest BCUT2D eigenvalue weighted by molar-refractivity contribution is 5.78. The summed E-state index contributed by atoms with van der Waals surface area (Å²) >= 11 is 0. The molecule has 1 aromatic carbocycles. The third-order valence-corrected chi connectivity index (χ3v) is 5.03. The number of piperidine rings is 1. The number of benzene rings is 1. The van der Waals surface area contributed by atoms with Crippen molar-refractivity contribution < 1.29 is 14.3 Å². The van der Waals surface area contributed by atoms with Crippen molar-refractivity contribution in [1.82, 2.24) is 9.80 Å². The second-order valence-electron chi connectivity index (χ2n) is 6.54. The van der Waals surface area contributed by atoms with Gasteiger partial charge in [0.15, 0.2) is 0 Å². The molecule has 1 aliphatic heterocycles. The smallest absolute Gasteiger partial charge is 0.237 e. The van der Waals surface area contributed by atoms with Gasteiger partial charge in [0.05, 0.1) is 12.6 Å². The van der Waals surface area contributed by atoms with Gasteiger partial charge in [-0.2, -0.15) is 0 Å². The first-order valence-electron chi connectivity index (χ1n) is 8.96. The molecule has 0 aromatic heterocycles. The monoisotopic (exact) mass is 336 g/mol. The van der Waals surface area contributed by atoms with Crippen molar-refractivity contribution in [2.24, 2.45) is 0 Å². The molecule has 24 heavy (non-hydrogen) atoms. The SMILES string of the molecule is CCN(C(=O)CN1CCCCC1CCO)C(C)c1ccc(F)cc1. The Hall–Kier alpha value is -1.46. The van der Waals surface area contributed by atoms with E-state index in [2.05, 4.69) is 4.90 Å². The first kappa shape index (κ1) is 18.9. The molecule has 2 unspecified atom stereocenters. The summed E-state index contributed by atoms with van der Waals surface area (Å²) < 4.78 is 13.1. The molecule has 0 aliphatic carbocycles. The molecule has 2 rings (SSSR count). The molecule has 1 aromatic rings. The van der Waals surface area contributed by atoms with E-state index in [0.29, 0.717) is 19.1 Å². The van der Waals surface area contributed by atoms with Crippen LogP contribution in [0.4, 0.5) is 4.39 Å². The highest BCUT2D eigenvalue weighted by atomic mass is 19.1. The summed E-state index contributed by atoms with van der Waals surface area (Å²) in [5.41, 5.74) is 0.942. The van der Waals surface area contributed by atoms with E-state index in [4.69, 9.17) is 0 Å². The highest BCUT2D eigenvalue weighted by Gasteiger charge is 2.27. The van der Waals surface area contributed by atoms with Crippen LogP contribution in [0.1, 0.15) is 51.1 Å². The average Bonchev–Trinajstić information content (AvgIpc) is 2.58. The van der Waals surface area contributed by atoms with Crippen molar-refractivity contribution in [3.8, 4) is 0 Å². The van der Waals surface area contributed by atoms with E-state index in [0.717, 1.165) is 31.4 Å². The molecule has 1 heterocycles. The lowest BCUT2D eigenvalue weighted by Crippen LogP contribution is -2.47. The molecule has 5 heteroatoms. The lowest BCUT2D eigenvalue weighted by atomic mass is 9.99. The zero-order chi connectivity index (χ0) is 17.5. The lowest BCUT2D eigenvalue weighted by molar-refractivity contribution is -0.135. The minimum Gasteiger partial charge on any atom is -0.396 e. The van der Waals surface area contributed by atoms with Gasteiger partial charge in [-0.25, -0.2) is 4.39 Å². The fraction of sp³-hybridized carbons (Fsp3) is 0.632. The zero-order valence-corrected chi connectivity index (χ0v) is 14.7. The van der Waals surface area contributed by atoms with Crippen LogP contribution >= 0.6 is 0 Å². The number of hydrogen-bond donors (Lipinski definition) is 1. The Morgan fingerprint density at radius 1 is 1.38 bits per heavy atom. The van der Waals surface area contributed by atoms with Crippen molar-refractivity contribution >= 4 is 5.91 Å². The third kappa shape index (κ3) is 4.77. The quantitative estimate of drug-likeness (QED) is 0.832. The predicted octanol–water partition coefficient (Wildman–Crippen LogP) is 2.97. The number of likely N-dealkylation sites (N-methyl/N-ethyl adjacent to an activating group) is 1. The minimum absolute atomic E-state index is 0.0795. The molecule has 0 bridgehead atoms. The van der Waals surface area contributed by atoms with E-state index in [1.54, 1.807) is 12.1 Å². The van der Waals surface area contributed by atoms with Gasteiger partial charge in [0.25, 0.3) is 0 Å². The first-order chi connectivity index (χ1) is 11.6. The molecular formula is C19H29FN2O2. The Balaban J connectivity index is 2.03. The van der Waals surface area contributed by atoms with E-state index in [-0.39, 0.29) is 24.4 Å². The van der Waals surface area contributed by atoms with E-state index in [1.807, 2.05) is 18.7 Å². The van der Waals surface area contributed by atoms with E-state index in [1.165, 1.54) is 18.6 Å². The number of amides is 1. The van der Waals surface area contributed by atoms with Crippen LogP contribution in [0.25, 0.3) is 0 Å². The molecule has 4 nitrogen and oxygen atoms in total. The maximum Gasteiger partial charge on any atom is 0.237 e. The van der Waals surface area contributed by atoms with Crippen LogP contribution in [0.3, 0.4) is 0 Å². The summed E-state index contributed by atoms with van der Waals surface area (Å²) in [5, 5.41) is 9.23. The maximum absolute atomic E-state index is 13.1. The van der Waals surface area contributed by atoms with Gasteiger partial charge in [0, 0.05) is 19.2 Å². The largest absolute Gasteiger partial charge is 0.396 e. The van der Waals surface area contributed by atoms with Crippen molar-refractivity contribution in [2.75, 3.05) is 26.2 Å². The second kappa shape index (κ2) is 9.14. The number of aliphatic hydroxyl groups is 1. The number of carbonyl (C=O) groups is 1. The molecule has 1 aliphatic rings. The molecule has 1 fully saturated rings. The van der Waals surface area contributed by atoms with Gasteiger partial charge < -0.3 is 10.0 Å². The second-order valence-corrected chi connectivity index (χ2v) is 6.54. The Morgan fingerprint density at radius 3 is 2.71 bits per heavy atom. The zero-order valence-electron chi connectivity index (χ0n) is 14.7. The van der Waals surface area contributed by atoms with Crippen molar-refractivity contribution in [3.05, 3.63) is 35.6 Å². The van der Waals surface area contributed by atoms with Gasteiger partial charge in [-0.05, 0) is 57.4 Å². The molecule has 134 valence electrons. The Morgan fingerprint density at radius 2 is 2.08 bits per heavy atom. The Bertz CT molecular complexity index is 519. The number of likely N-dealkylation sites (tertiary alicyclic amines) is 1. The summed E-state index contributed by atoms with van der Waals surface area (Å²) in [7, 11) is 0. The summed E-state index contributed by atoms with van der Waals surface area (Å²) in [4.78, 5) is 16.9. The summed E-state index contributed by atoms with van der Waals surface area (Å²) in [6.07, 6.45) is 4.05. The van der Waals surface area contributed by atoms with Crippen LogP contribution in [0.5, 0.6) is 0 Å². The summed E-state index contributed by atoms with van der Waals surface area (Å²) in [6.45, 7) is 6.05. The fourth-order valence-electron chi connectivity index (χ4n) is 3.60. The van der Waals surface area contributed by atoms with Crippen LogP contribution < -0.4 is 0 Å². The van der Waals surface area contributed by atoms with Gasteiger partial charge in [-0.1, -0.05) is 18.6 Å². The van der Waals surface area contributed by atoms with Gasteiger partial charge in [0.1, 0.15) is 5.82 Å². The number of nitrogens with zero attached hydrogens (tertiary/aromatic N) is 2. The molecule has 1 N–H and O–H groups in total. The molecule has 0 spiro atoms. The van der Waals surface area contributed by atoms with Gasteiger partial charge >= 0.3 is 0 Å². The number of rotatable bonds is 7. The fourth-order valence-corrected chi connectivity index (χ4v) is 3.60. The Kier molecular flexibility index (Phi) is 7.18. The van der Waals surface area contributed by atoms with Crippen LogP contribution in [0.2, 0.25) is 0 Å². The van der Waals surface area contributed by atoms with Crippen molar-refractivity contribution in [3.63, 3.8) is 0 Å². The van der Waals surface area contributed by atoms with Crippen molar-refractivity contribution in [1.29, 1.82) is 0 Å². The van der Waals surface area contributed by atoms with Gasteiger partial charge in [-0.3, -0.25) is 9.69 Å². The predicted molar refractivity (Wildman–Crippen MR) is 93.1 cm³/mol. The molecule has 0 saturated carbocycles.